The molecule has 4 rings (SSSR count). The summed E-state index contributed by atoms with van der Waals surface area (Å²) in [7, 11) is 1.80. The predicted molar refractivity (Wildman–Crippen MR) is 99.0 cm³/mol. The third-order valence-corrected chi connectivity index (χ3v) is 4.98. The Morgan fingerprint density at radius 1 is 1.00 bits per heavy atom. The highest BCUT2D eigenvalue weighted by atomic mass is 16.2. The first-order chi connectivity index (χ1) is 12.1. The first-order valence-electron chi connectivity index (χ1n) is 8.50. The lowest BCUT2D eigenvalue weighted by Gasteiger charge is -2.31. The molecule has 1 amide bonds. The van der Waals surface area contributed by atoms with Crippen molar-refractivity contribution in [3.63, 3.8) is 0 Å². The fraction of sp³-hybridized carbons (Fsp3) is 0.182. The van der Waals surface area contributed by atoms with Crippen LogP contribution in [-0.2, 0) is 0 Å². The van der Waals surface area contributed by atoms with Crippen molar-refractivity contribution >= 4 is 22.5 Å². The molecule has 1 atom stereocenters. The quantitative estimate of drug-likeness (QED) is 0.673. The van der Waals surface area contributed by atoms with E-state index in [4.69, 9.17) is 0 Å². The van der Waals surface area contributed by atoms with Gasteiger partial charge in [-0.05, 0) is 28.5 Å². The minimum Gasteiger partial charge on any atom is -0.341 e. The van der Waals surface area contributed by atoms with Gasteiger partial charge in [0.1, 0.15) is 0 Å². The van der Waals surface area contributed by atoms with Gasteiger partial charge in [0.2, 0.25) is 0 Å². The van der Waals surface area contributed by atoms with E-state index in [1.807, 2.05) is 66.7 Å². The van der Waals surface area contributed by atoms with Crippen LogP contribution in [0.2, 0.25) is 0 Å². The van der Waals surface area contributed by atoms with E-state index < -0.39 is 0 Å². The van der Waals surface area contributed by atoms with Crippen molar-refractivity contribution in [3.8, 4) is 0 Å². The summed E-state index contributed by atoms with van der Waals surface area (Å²) in [4.78, 5) is 26.9. The van der Waals surface area contributed by atoms with Crippen LogP contribution in [-0.4, -0.2) is 30.2 Å². The molecule has 3 aromatic carbocycles. The Morgan fingerprint density at radius 2 is 1.72 bits per heavy atom. The molecule has 0 N–H and O–H groups in total. The molecule has 3 heteroatoms. The van der Waals surface area contributed by atoms with Gasteiger partial charge in [-0.1, -0.05) is 54.6 Å². The molecule has 0 bridgehead atoms. The average Bonchev–Trinajstić information content (AvgIpc) is 2.65. The number of hydrogen-bond acceptors (Lipinski definition) is 2. The third kappa shape index (κ3) is 2.82. The van der Waals surface area contributed by atoms with E-state index in [1.165, 1.54) is 0 Å². The maximum absolute atomic E-state index is 12.9. The average molecular weight is 329 g/mol. The van der Waals surface area contributed by atoms with Crippen LogP contribution in [0.1, 0.15) is 38.6 Å². The summed E-state index contributed by atoms with van der Waals surface area (Å²) < 4.78 is 0. The summed E-state index contributed by atoms with van der Waals surface area (Å²) in [5.41, 5.74) is 2.43. The smallest absolute Gasteiger partial charge is 0.253 e. The van der Waals surface area contributed by atoms with Gasteiger partial charge in [-0.25, -0.2) is 0 Å². The molecule has 0 saturated heterocycles. The number of ketones is 1. The maximum Gasteiger partial charge on any atom is 0.253 e. The van der Waals surface area contributed by atoms with E-state index in [9.17, 15) is 9.59 Å². The van der Waals surface area contributed by atoms with Crippen LogP contribution in [0.25, 0.3) is 10.8 Å². The SMILES string of the molecule is CN1C[C@@H](CC(=O)c2ccc3ccccc3c2)c2ccccc2C1=O. The van der Waals surface area contributed by atoms with E-state index in [0.717, 1.165) is 21.9 Å². The third-order valence-electron chi connectivity index (χ3n) is 4.98. The maximum atomic E-state index is 12.9. The summed E-state index contributed by atoms with van der Waals surface area (Å²) in [6.07, 6.45) is 0.410. The highest BCUT2D eigenvalue weighted by molar-refractivity contribution is 6.01. The molecule has 0 spiro atoms. The van der Waals surface area contributed by atoms with Gasteiger partial charge in [-0.2, -0.15) is 0 Å². The summed E-state index contributed by atoms with van der Waals surface area (Å²) in [5, 5.41) is 2.21. The van der Waals surface area contributed by atoms with E-state index in [-0.39, 0.29) is 17.6 Å². The fourth-order valence-corrected chi connectivity index (χ4v) is 3.64. The molecule has 0 fully saturated rings. The van der Waals surface area contributed by atoms with Crippen molar-refractivity contribution in [1.29, 1.82) is 0 Å². The van der Waals surface area contributed by atoms with E-state index in [0.29, 0.717) is 18.5 Å². The number of nitrogens with zero attached hydrogens (tertiary/aromatic N) is 1. The second-order valence-electron chi connectivity index (χ2n) is 6.66. The molecule has 25 heavy (non-hydrogen) atoms. The van der Waals surface area contributed by atoms with Crippen molar-refractivity contribution < 1.29 is 9.59 Å². The molecule has 0 unspecified atom stereocenters. The lowest BCUT2D eigenvalue weighted by Crippen LogP contribution is -2.37. The molecule has 0 radical (unpaired) electrons. The lowest BCUT2D eigenvalue weighted by atomic mass is 9.85. The zero-order chi connectivity index (χ0) is 17.4. The monoisotopic (exact) mass is 329 g/mol. The number of likely N-dealkylation sites (N-methyl/N-ethyl adjacent to an activating group) is 1. The Hall–Kier alpha value is -2.94. The van der Waals surface area contributed by atoms with Gasteiger partial charge in [0.25, 0.3) is 5.91 Å². The first kappa shape index (κ1) is 15.6. The Kier molecular flexibility index (Phi) is 3.85. The Morgan fingerprint density at radius 3 is 2.56 bits per heavy atom. The molecule has 3 aromatic rings. The molecule has 3 nitrogen and oxygen atoms in total. The second-order valence-corrected chi connectivity index (χ2v) is 6.66. The normalized spacial score (nSPS) is 16.8. The van der Waals surface area contributed by atoms with Gasteiger partial charge in [0.05, 0.1) is 0 Å². The van der Waals surface area contributed by atoms with Crippen LogP contribution in [0.3, 0.4) is 0 Å². The number of rotatable bonds is 3. The highest BCUT2D eigenvalue weighted by Gasteiger charge is 2.30. The van der Waals surface area contributed by atoms with Crippen molar-refractivity contribution in [2.45, 2.75) is 12.3 Å². The summed E-state index contributed by atoms with van der Waals surface area (Å²) in [6, 6.07) is 21.5. The summed E-state index contributed by atoms with van der Waals surface area (Å²) in [6.45, 7) is 0.579. The molecular formula is C22H19NO2. The van der Waals surface area contributed by atoms with Gasteiger partial charge in [0, 0.05) is 37.1 Å². The largest absolute Gasteiger partial charge is 0.341 e. The van der Waals surface area contributed by atoms with Crippen LogP contribution < -0.4 is 0 Å². The number of carbonyl (C=O) groups is 2. The number of hydrogen-bond donors (Lipinski definition) is 0. The number of fused-ring (bicyclic) bond motifs is 2. The van der Waals surface area contributed by atoms with E-state index in [1.54, 1.807) is 11.9 Å². The minimum absolute atomic E-state index is 0.0324. The van der Waals surface area contributed by atoms with Crippen molar-refractivity contribution in [3.05, 3.63) is 83.4 Å². The van der Waals surface area contributed by atoms with Gasteiger partial charge < -0.3 is 4.90 Å². The standard InChI is InChI=1S/C22H19NO2/c1-23-14-18(19-8-4-5-9-20(19)22(23)25)13-21(24)17-11-10-15-6-2-3-7-16(15)12-17/h2-12,18H,13-14H2,1H3/t18-/m1/s1. The van der Waals surface area contributed by atoms with Crippen molar-refractivity contribution in [2.75, 3.05) is 13.6 Å². The van der Waals surface area contributed by atoms with Crippen LogP contribution in [0, 0.1) is 0 Å². The van der Waals surface area contributed by atoms with Crippen LogP contribution in [0.15, 0.2) is 66.7 Å². The zero-order valence-electron chi connectivity index (χ0n) is 14.1. The number of benzene rings is 3. The predicted octanol–water partition coefficient (Wildman–Crippen LogP) is 4.28. The second kappa shape index (κ2) is 6.17. The minimum atomic E-state index is 0.0324. The van der Waals surface area contributed by atoms with Crippen molar-refractivity contribution in [1.82, 2.24) is 4.90 Å². The molecule has 0 saturated carbocycles. The van der Waals surface area contributed by atoms with Gasteiger partial charge in [-0.3, -0.25) is 9.59 Å². The number of Topliss-reactive ketones (excluding diaryl/α,β-unsaturated/α-hetero) is 1. The number of carbonyl (C=O) groups excluding carboxylic acids is 2. The van der Waals surface area contributed by atoms with Gasteiger partial charge >= 0.3 is 0 Å². The highest BCUT2D eigenvalue weighted by Crippen LogP contribution is 2.31. The molecule has 1 aliphatic heterocycles. The molecule has 1 heterocycles. The van der Waals surface area contributed by atoms with E-state index in [2.05, 4.69) is 0 Å². The van der Waals surface area contributed by atoms with E-state index >= 15 is 0 Å². The molecule has 1 aliphatic rings. The Labute approximate surface area is 146 Å². The first-order valence-corrected chi connectivity index (χ1v) is 8.50. The molecule has 0 aromatic heterocycles. The molecular weight excluding hydrogens is 310 g/mol. The topological polar surface area (TPSA) is 37.4 Å². The van der Waals surface area contributed by atoms with Crippen LogP contribution in [0.5, 0.6) is 0 Å². The van der Waals surface area contributed by atoms with Crippen LogP contribution >= 0.6 is 0 Å². The van der Waals surface area contributed by atoms with Gasteiger partial charge in [0.15, 0.2) is 5.78 Å². The molecule has 124 valence electrons. The zero-order valence-corrected chi connectivity index (χ0v) is 14.1. The molecule has 0 aliphatic carbocycles. The van der Waals surface area contributed by atoms with Crippen LogP contribution in [0.4, 0.5) is 0 Å². The number of amides is 1. The van der Waals surface area contributed by atoms with Crippen molar-refractivity contribution in [2.24, 2.45) is 0 Å². The Bertz CT molecular complexity index is 976. The Balaban J connectivity index is 1.64. The van der Waals surface area contributed by atoms with Gasteiger partial charge in [-0.15, -0.1) is 0 Å². The fourth-order valence-electron chi connectivity index (χ4n) is 3.64. The lowest BCUT2D eigenvalue weighted by molar-refractivity contribution is 0.0752. The summed E-state index contributed by atoms with van der Waals surface area (Å²) in [5.74, 6) is 0.191. The summed E-state index contributed by atoms with van der Waals surface area (Å²) >= 11 is 0.